The molecule has 4 aromatic rings. The first kappa shape index (κ1) is 26.5. The quantitative estimate of drug-likeness (QED) is 0.159. The Morgan fingerprint density at radius 3 is 1.84 bits per heavy atom. The zero-order valence-electron chi connectivity index (χ0n) is 21.7. The van der Waals surface area contributed by atoms with Crippen LogP contribution in [0.15, 0.2) is 109 Å². The molecule has 0 aliphatic rings. The second-order valence-corrected chi connectivity index (χ2v) is 9.62. The van der Waals surface area contributed by atoms with Gasteiger partial charge in [-0.1, -0.05) is 73.2 Å². The Labute approximate surface area is 222 Å². The summed E-state index contributed by atoms with van der Waals surface area (Å²) in [5.74, 6) is 0. The van der Waals surface area contributed by atoms with Gasteiger partial charge in [-0.25, -0.2) is 0 Å². The number of anilines is 4. The van der Waals surface area contributed by atoms with Crippen molar-refractivity contribution in [2.45, 2.75) is 51.1 Å². The van der Waals surface area contributed by atoms with Crippen molar-refractivity contribution >= 4 is 22.7 Å². The van der Waals surface area contributed by atoms with E-state index in [1.54, 1.807) is 0 Å². The maximum Gasteiger partial charge on any atom is 0.0461 e. The van der Waals surface area contributed by atoms with Crippen LogP contribution in [0.4, 0.5) is 22.7 Å². The van der Waals surface area contributed by atoms with E-state index in [1.165, 1.54) is 16.8 Å². The number of nitrogens with one attached hydrogen (secondary N) is 1. The third-order valence-electron chi connectivity index (χ3n) is 6.77. The first-order valence-electron chi connectivity index (χ1n) is 13.5. The molecular formula is C33H40N4. The summed E-state index contributed by atoms with van der Waals surface area (Å²) < 4.78 is 0. The molecule has 5 N–H and O–H groups in total. The highest BCUT2D eigenvalue weighted by Crippen LogP contribution is 2.34. The number of rotatable bonds is 14. The lowest BCUT2D eigenvalue weighted by Gasteiger charge is -2.25. The van der Waals surface area contributed by atoms with Crippen LogP contribution in [-0.2, 0) is 13.0 Å². The molecule has 0 heterocycles. The van der Waals surface area contributed by atoms with Crippen molar-refractivity contribution in [1.82, 2.24) is 0 Å². The van der Waals surface area contributed by atoms with Crippen molar-refractivity contribution in [3.8, 4) is 0 Å². The number of aryl methyl sites for hydroxylation is 1. The predicted molar refractivity (Wildman–Crippen MR) is 159 cm³/mol. The van der Waals surface area contributed by atoms with Crippen LogP contribution >= 0.6 is 0 Å². The molecule has 0 spiro atoms. The molecule has 0 radical (unpaired) electrons. The normalized spacial score (nSPS) is 11.7. The van der Waals surface area contributed by atoms with Crippen LogP contribution in [0.5, 0.6) is 0 Å². The van der Waals surface area contributed by atoms with Gasteiger partial charge in [-0.15, -0.1) is 0 Å². The zero-order valence-corrected chi connectivity index (χ0v) is 21.7. The summed E-state index contributed by atoms with van der Waals surface area (Å²) in [7, 11) is 0. The lowest BCUT2D eigenvalue weighted by atomic mass is 10.0. The average molecular weight is 493 g/mol. The van der Waals surface area contributed by atoms with Crippen LogP contribution in [0, 0.1) is 0 Å². The summed E-state index contributed by atoms with van der Waals surface area (Å²) >= 11 is 0. The summed E-state index contributed by atoms with van der Waals surface area (Å²) in [6.45, 7) is 1.54. The van der Waals surface area contributed by atoms with Gasteiger partial charge in [0.2, 0.25) is 0 Å². The van der Waals surface area contributed by atoms with Gasteiger partial charge in [-0.3, -0.25) is 0 Å². The smallest absolute Gasteiger partial charge is 0.0461 e. The average Bonchev–Trinajstić information content (AvgIpc) is 2.95. The number of nitrogens with zero attached hydrogens (tertiary/aromatic N) is 1. The number of hydrogen-bond acceptors (Lipinski definition) is 4. The summed E-state index contributed by atoms with van der Waals surface area (Å²) in [4.78, 5) is 2.28. The van der Waals surface area contributed by atoms with Crippen LogP contribution in [-0.4, -0.2) is 12.6 Å². The Bertz CT molecular complexity index is 1140. The minimum Gasteiger partial charge on any atom is -0.381 e. The third-order valence-corrected chi connectivity index (χ3v) is 6.77. The summed E-state index contributed by atoms with van der Waals surface area (Å²) in [6.07, 6.45) is 6.46. The van der Waals surface area contributed by atoms with E-state index >= 15 is 0 Å². The molecule has 192 valence electrons. The van der Waals surface area contributed by atoms with E-state index in [0.29, 0.717) is 0 Å². The van der Waals surface area contributed by atoms with Crippen LogP contribution in [0.2, 0.25) is 0 Å². The number of benzene rings is 4. The van der Waals surface area contributed by atoms with Gasteiger partial charge in [0.25, 0.3) is 0 Å². The molecule has 1 unspecified atom stereocenters. The molecule has 37 heavy (non-hydrogen) atoms. The van der Waals surface area contributed by atoms with E-state index in [2.05, 4.69) is 119 Å². The van der Waals surface area contributed by atoms with Crippen molar-refractivity contribution in [1.29, 1.82) is 0 Å². The van der Waals surface area contributed by atoms with Crippen molar-refractivity contribution < 1.29 is 0 Å². The molecule has 4 aromatic carbocycles. The zero-order chi connectivity index (χ0) is 25.7. The minimum absolute atomic E-state index is 0.275. The van der Waals surface area contributed by atoms with E-state index in [-0.39, 0.29) is 6.04 Å². The van der Waals surface area contributed by atoms with Gasteiger partial charge in [-0.2, -0.15) is 0 Å². The van der Waals surface area contributed by atoms with Crippen molar-refractivity contribution in [3.05, 3.63) is 120 Å². The van der Waals surface area contributed by atoms with Gasteiger partial charge in [0.15, 0.2) is 0 Å². The maximum absolute atomic E-state index is 6.30. The van der Waals surface area contributed by atoms with Crippen LogP contribution in [0.25, 0.3) is 0 Å². The van der Waals surface area contributed by atoms with Crippen molar-refractivity contribution in [3.63, 3.8) is 0 Å². The standard InChI is InChI=1S/C33H40N4/c34-25-10-9-14-29(35)15-11-13-28-12-7-8-20-33(28)36-26-27-21-23-32(24-22-27)37(30-16-3-1-4-17-30)31-18-5-2-6-19-31/h1-8,12,16-24,29,36H,9-11,13-15,25-26,34-35H2. The van der Waals surface area contributed by atoms with Crippen molar-refractivity contribution in [2.75, 3.05) is 16.8 Å². The lowest BCUT2D eigenvalue weighted by molar-refractivity contribution is 0.518. The monoisotopic (exact) mass is 492 g/mol. The van der Waals surface area contributed by atoms with Crippen LogP contribution in [0.1, 0.15) is 43.2 Å². The van der Waals surface area contributed by atoms with E-state index in [4.69, 9.17) is 11.5 Å². The molecule has 0 amide bonds. The minimum atomic E-state index is 0.275. The Morgan fingerprint density at radius 1 is 0.622 bits per heavy atom. The Balaban J connectivity index is 1.37. The molecule has 0 saturated heterocycles. The molecule has 0 aliphatic carbocycles. The Morgan fingerprint density at radius 2 is 1.19 bits per heavy atom. The molecule has 1 atom stereocenters. The highest BCUT2D eigenvalue weighted by atomic mass is 15.1. The molecule has 4 nitrogen and oxygen atoms in total. The first-order chi connectivity index (χ1) is 18.2. The first-order valence-corrected chi connectivity index (χ1v) is 13.5. The summed E-state index contributed by atoms with van der Waals surface area (Å²) in [5.41, 5.74) is 19.1. The van der Waals surface area contributed by atoms with E-state index in [9.17, 15) is 0 Å². The molecule has 0 aliphatic heterocycles. The Hall–Kier alpha value is -3.60. The maximum atomic E-state index is 6.30. The molecule has 4 rings (SSSR count). The number of hydrogen-bond donors (Lipinski definition) is 3. The second kappa shape index (κ2) is 14.2. The van der Waals surface area contributed by atoms with E-state index < -0.39 is 0 Å². The molecule has 0 aromatic heterocycles. The van der Waals surface area contributed by atoms with Gasteiger partial charge < -0.3 is 21.7 Å². The summed E-state index contributed by atoms with van der Waals surface area (Å²) in [5, 5.41) is 3.66. The van der Waals surface area contributed by atoms with E-state index in [1.807, 2.05) is 0 Å². The number of para-hydroxylation sites is 3. The van der Waals surface area contributed by atoms with Crippen LogP contribution in [0.3, 0.4) is 0 Å². The SMILES string of the molecule is NCCCCC(N)CCCc1ccccc1NCc1ccc(N(c2ccccc2)c2ccccc2)cc1. The molecule has 0 bridgehead atoms. The fourth-order valence-corrected chi connectivity index (χ4v) is 4.72. The van der Waals surface area contributed by atoms with Crippen molar-refractivity contribution in [2.24, 2.45) is 11.5 Å². The highest BCUT2D eigenvalue weighted by Gasteiger charge is 2.12. The van der Waals surface area contributed by atoms with E-state index in [0.717, 1.165) is 68.7 Å². The molecule has 4 heteroatoms. The third kappa shape index (κ3) is 7.94. The topological polar surface area (TPSA) is 67.3 Å². The van der Waals surface area contributed by atoms with Gasteiger partial charge in [0.05, 0.1) is 0 Å². The number of unbranched alkanes of at least 4 members (excludes halogenated alkanes) is 1. The largest absolute Gasteiger partial charge is 0.381 e. The highest BCUT2D eigenvalue weighted by molar-refractivity contribution is 5.76. The second-order valence-electron chi connectivity index (χ2n) is 9.62. The van der Waals surface area contributed by atoms with Crippen LogP contribution < -0.4 is 21.7 Å². The fourth-order valence-electron chi connectivity index (χ4n) is 4.72. The van der Waals surface area contributed by atoms with Gasteiger partial charge >= 0.3 is 0 Å². The lowest BCUT2D eigenvalue weighted by Crippen LogP contribution is -2.20. The summed E-state index contributed by atoms with van der Waals surface area (Å²) in [6, 6.07) is 38.7. The van der Waals surface area contributed by atoms with Gasteiger partial charge in [-0.05, 0) is 92.2 Å². The number of nitrogens with two attached hydrogens (primary N) is 2. The molecular weight excluding hydrogens is 452 g/mol. The fraction of sp³-hybridized carbons (Fsp3) is 0.273. The predicted octanol–water partition coefficient (Wildman–Crippen LogP) is 7.55. The molecule has 0 saturated carbocycles. The van der Waals surface area contributed by atoms with Gasteiger partial charge in [0, 0.05) is 35.3 Å². The molecule has 0 fully saturated rings. The van der Waals surface area contributed by atoms with Gasteiger partial charge in [0.1, 0.15) is 0 Å². The Kier molecular flexibility index (Phi) is 10.2.